The van der Waals surface area contributed by atoms with Crippen LogP contribution in [-0.4, -0.2) is 30.9 Å². The van der Waals surface area contributed by atoms with Crippen molar-refractivity contribution in [2.75, 3.05) is 5.32 Å². The van der Waals surface area contributed by atoms with Gasteiger partial charge < -0.3 is 5.32 Å². The van der Waals surface area contributed by atoms with Crippen LogP contribution < -0.4 is 5.32 Å². The molecule has 7 nitrogen and oxygen atoms in total. The largest absolute Gasteiger partial charge is 0.321 e. The Labute approximate surface area is 131 Å². The number of halogens is 1. The molecule has 0 radical (unpaired) electrons. The molecule has 1 aromatic carbocycles. The molecule has 0 fully saturated rings. The number of nitrogens with zero attached hydrogens (tertiary/aromatic N) is 4. The Morgan fingerprint density at radius 3 is 2.59 bits per heavy atom. The zero-order valence-electron chi connectivity index (χ0n) is 12.0. The maximum absolute atomic E-state index is 12.1. The van der Waals surface area contributed by atoms with Crippen LogP contribution in [0, 0.1) is 6.92 Å². The van der Waals surface area contributed by atoms with Crippen LogP contribution in [0.3, 0.4) is 0 Å². The van der Waals surface area contributed by atoms with Crippen molar-refractivity contribution in [2.45, 2.75) is 6.92 Å². The molecule has 0 saturated heterocycles. The monoisotopic (exact) mass is 316 g/mol. The molecule has 0 aliphatic carbocycles. The van der Waals surface area contributed by atoms with Gasteiger partial charge in [-0.15, -0.1) is 0 Å². The lowest BCUT2D eigenvalue weighted by molar-refractivity contribution is 0.102. The molecule has 1 amide bonds. The molecule has 0 saturated carbocycles. The molecule has 3 aromatic rings. The third-order valence-corrected chi connectivity index (χ3v) is 3.27. The van der Waals surface area contributed by atoms with E-state index in [1.807, 2.05) is 19.1 Å². The van der Waals surface area contributed by atoms with E-state index in [1.54, 1.807) is 25.4 Å². The Balaban J connectivity index is 1.76. The van der Waals surface area contributed by atoms with Crippen LogP contribution in [0.2, 0.25) is 5.02 Å². The second kappa shape index (κ2) is 5.61. The van der Waals surface area contributed by atoms with E-state index in [0.29, 0.717) is 16.5 Å². The van der Waals surface area contributed by atoms with Crippen LogP contribution in [0.5, 0.6) is 0 Å². The van der Waals surface area contributed by atoms with E-state index in [-0.39, 0.29) is 11.6 Å². The number of aryl methyl sites for hydroxylation is 2. The van der Waals surface area contributed by atoms with Gasteiger partial charge in [-0.3, -0.25) is 14.6 Å². The molecule has 22 heavy (non-hydrogen) atoms. The highest BCUT2D eigenvalue weighted by molar-refractivity contribution is 6.34. The lowest BCUT2D eigenvalue weighted by atomic mass is 10.2. The zero-order chi connectivity index (χ0) is 15.7. The van der Waals surface area contributed by atoms with Gasteiger partial charge in [0, 0.05) is 24.5 Å². The van der Waals surface area contributed by atoms with Crippen molar-refractivity contribution in [2.24, 2.45) is 7.05 Å². The Bertz CT molecular complexity index is 820. The summed E-state index contributed by atoms with van der Waals surface area (Å²) < 4.78 is 1.49. The minimum absolute atomic E-state index is 0.192. The fraction of sp³-hybridized carbons (Fsp3) is 0.143. The van der Waals surface area contributed by atoms with Crippen molar-refractivity contribution in [3.63, 3.8) is 0 Å². The molecule has 2 heterocycles. The highest BCUT2D eigenvalue weighted by atomic mass is 35.5. The summed E-state index contributed by atoms with van der Waals surface area (Å²) in [7, 11) is 1.70. The highest BCUT2D eigenvalue weighted by Crippen LogP contribution is 2.19. The van der Waals surface area contributed by atoms with E-state index in [4.69, 9.17) is 11.6 Å². The van der Waals surface area contributed by atoms with Crippen molar-refractivity contribution in [3.05, 3.63) is 47.0 Å². The number of H-pyrrole nitrogens is 1. The number of amides is 1. The third-order valence-electron chi connectivity index (χ3n) is 3.00. The summed E-state index contributed by atoms with van der Waals surface area (Å²) in [6.07, 6.45) is 1.57. The van der Waals surface area contributed by atoms with Gasteiger partial charge in [0.05, 0.1) is 5.02 Å². The molecule has 0 aliphatic rings. The number of aromatic nitrogens is 5. The van der Waals surface area contributed by atoms with Crippen molar-refractivity contribution < 1.29 is 4.79 Å². The summed E-state index contributed by atoms with van der Waals surface area (Å²) in [4.78, 5) is 16.4. The number of hydrogen-bond donors (Lipinski definition) is 2. The number of rotatable bonds is 3. The van der Waals surface area contributed by atoms with Gasteiger partial charge in [0.2, 0.25) is 0 Å². The predicted molar refractivity (Wildman–Crippen MR) is 82.7 cm³/mol. The number of nitrogens with one attached hydrogen (secondary N) is 2. The lowest BCUT2D eigenvalue weighted by Gasteiger charge is -2.04. The molecule has 0 unspecified atom stereocenters. The maximum atomic E-state index is 12.1. The van der Waals surface area contributed by atoms with Crippen molar-refractivity contribution in [3.8, 4) is 11.4 Å². The zero-order valence-corrected chi connectivity index (χ0v) is 12.7. The van der Waals surface area contributed by atoms with Gasteiger partial charge in [-0.05, 0) is 31.2 Å². The van der Waals surface area contributed by atoms with Crippen molar-refractivity contribution >= 4 is 23.2 Å². The molecule has 2 N–H and O–H groups in total. The van der Waals surface area contributed by atoms with E-state index >= 15 is 0 Å². The normalized spacial score (nSPS) is 10.7. The van der Waals surface area contributed by atoms with Crippen LogP contribution in [0.25, 0.3) is 11.4 Å². The molecule has 3 rings (SSSR count). The Morgan fingerprint density at radius 2 is 2.05 bits per heavy atom. The van der Waals surface area contributed by atoms with Crippen LogP contribution in [0.15, 0.2) is 30.5 Å². The van der Waals surface area contributed by atoms with Crippen LogP contribution in [0.1, 0.15) is 16.3 Å². The first-order chi connectivity index (χ1) is 10.5. The van der Waals surface area contributed by atoms with Gasteiger partial charge in [0.15, 0.2) is 11.5 Å². The van der Waals surface area contributed by atoms with E-state index in [2.05, 4.69) is 25.6 Å². The molecular weight excluding hydrogens is 304 g/mol. The lowest BCUT2D eigenvalue weighted by Crippen LogP contribution is -2.13. The van der Waals surface area contributed by atoms with E-state index < -0.39 is 0 Å². The molecule has 0 atom stereocenters. The van der Waals surface area contributed by atoms with Gasteiger partial charge in [-0.1, -0.05) is 11.6 Å². The van der Waals surface area contributed by atoms with Crippen LogP contribution in [0.4, 0.5) is 5.69 Å². The minimum Gasteiger partial charge on any atom is -0.321 e. The molecule has 0 bridgehead atoms. The topological polar surface area (TPSA) is 88.5 Å². The van der Waals surface area contributed by atoms with Crippen LogP contribution in [-0.2, 0) is 7.05 Å². The molecule has 0 spiro atoms. The van der Waals surface area contributed by atoms with Gasteiger partial charge in [0.1, 0.15) is 5.82 Å². The smallest absolute Gasteiger partial charge is 0.277 e. The number of aromatic amines is 1. The van der Waals surface area contributed by atoms with Gasteiger partial charge in [-0.2, -0.15) is 10.2 Å². The standard InChI is InChI=1S/C14H13ClN6O/c1-8-16-13(19-18-8)9-3-5-10(6-4-9)17-14(22)12-11(15)7-21(2)20-12/h3-7H,1-2H3,(H,17,22)(H,16,18,19). The van der Waals surface area contributed by atoms with E-state index in [0.717, 1.165) is 11.4 Å². The molecular formula is C14H13ClN6O. The number of carbonyl (C=O) groups is 1. The number of hydrogen-bond acceptors (Lipinski definition) is 4. The average molecular weight is 317 g/mol. The first-order valence-electron chi connectivity index (χ1n) is 6.53. The SMILES string of the molecule is Cc1nc(-c2ccc(NC(=O)c3nn(C)cc3Cl)cc2)n[nH]1. The van der Waals surface area contributed by atoms with Crippen molar-refractivity contribution in [1.82, 2.24) is 25.0 Å². The summed E-state index contributed by atoms with van der Waals surface area (Å²) in [5.74, 6) is 1.01. The average Bonchev–Trinajstić information content (AvgIpc) is 3.05. The van der Waals surface area contributed by atoms with Gasteiger partial charge >= 0.3 is 0 Å². The fourth-order valence-electron chi connectivity index (χ4n) is 1.98. The number of anilines is 1. The summed E-state index contributed by atoms with van der Waals surface area (Å²) >= 11 is 5.95. The highest BCUT2D eigenvalue weighted by Gasteiger charge is 2.15. The Hall–Kier alpha value is -2.67. The molecule has 0 aliphatic heterocycles. The van der Waals surface area contributed by atoms with Crippen LogP contribution >= 0.6 is 11.6 Å². The first-order valence-corrected chi connectivity index (χ1v) is 6.90. The summed E-state index contributed by atoms with van der Waals surface area (Å²) in [5, 5.41) is 14.0. The number of benzene rings is 1. The maximum Gasteiger partial charge on any atom is 0.277 e. The third kappa shape index (κ3) is 2.84. The van der Waals surface area contributed by atoms with Gasteiger partial charge in [-0.25, -0.2) is 4.98 Å². The second-order valence-electron chi connectivity index (χ2n) is 4.78. The summed E-state index contributed by atoms with van der Waals surface area (Å²) in [5.41, 5.74) is 1.69. The van der Waals surface area contributed by atoms with Crippen molar-refractivity contribution in [1.29, 1.82) is 0 Å². The fourth-order valence-corrected chi connectivity index (χ4v) is 2.24. The second-order valence-corrected chi connectivity index (χ2v) is 5.18. The predicted octanol–water partition coefficient (Wildman–Crippen LogP) is 2.42. The Kier molecular flexibility index (Phi) is 3.64. The van der Waals surface area contributed by atoms with E-state index in [1.165, 1.54) is 4.68 Å². The Morgan fingerprint density at radius 1 is 1.32 bits per heavy atom. The summed E-state index contributed by atoms with van der Waals surface area (Å²) in [6, 6.07) is 7.21. The quantitative estimate of drug-likeness (QED) is 0.776. The molecule has 8 heteroatoms. The van der Waals surface area contributed by atoms with E-state index in [9.17, 15) is 4.79 Å². The molecule has 112 valence electrons. The minimum atomic E-state index is -0.355. The van der Waals surface area contributed by atoms with Gasteiger partial charge in [0.25, 0.3) is 5.91 Å². The summed E-state index contributed by atoms with van der Waals surface area (Å²) in [6.45, 7) is 1.84. The first kappa shape index (κ1) is 14.3. The number of carbonyl (C=O) groups excluding carboxylic acids is 1. The molecule has 2 aromatic heterocycles.